The van der Waals surface area contributed by atoms with E-state index in [1.807, 2.05) is 0 Å². The predicted octanol–water partition coefficient (Wildman–Crippen LogP) is 3.00. The van der Waals surface area contributed by atoms with Crippen LogP contribution in [-0.4, -0.2) is 11.2 Å². The fourth-order valence-corrected chi connectivity index (χ4v) is 1.39. The molecule has 0 atom stereocenters. The maximum Gasteiger partial charge on any atom is 0.409 e. The number of rotatable bonds is 2. The van der Waals surface area contributed by atoms with E-state index in [2.05, 4.69) is 17.2 Å². The van der Waals surface area contributed by atoms with Crippen molar-refractivity contribution in [3.63, 3.8) is 0 Å². The first-order chi connectivity index (χ1) is 7.15. The summed E-state index contributed by atoms with van der Waals surface area (Å²) in [5.41, 5.74) is 1.19. The quantitative estimate of drug-likeness (QED) is 0.758. The summed E-state index contributed by atoms with van der Waals surface area (Å²) in [5, 5.41) is 11.4. The van der Waals surface area contributed by atoms with Gasteiger partial charge in [0.15, 0.2) is 0 Å². The van der Waals surface area contributed by atoms with Crippen LogP contribution in [0.1, 0.15) is 12.5 Å². The number of hydrogen-bond acceptors (Lipinski definition) is 1. The molecule has 0 unspecified atom stereocenters. The second kappa shape index (κ2) is 5.28. The molecular formula is C11H10ClNO2. The third kappa shape index (κ3) is 3.19. The predicted molar refractivity (Wildman–Crippen MR) is 60.3 cm³/mol. The minimum Gasteiger partial charge on any atom is -0.465 e. The Kier molecular flexibility index (Phi) is 4.02. The molecule has 2 N–H and O–H groups in total. The van der Waals surface area contributed by atoms with Gasteiger partial charge in [-0.15, -0.1) is 5.92 Å². The SMILES string of the molecule is CC#CCc1c(Cl)cccc1NC(=O)O. The summed E-state index contributed by atoms with van der Waals surface area (Å²) in [6.45, 7) is 1.72. The van der Waals surface area contributed by atoms with Crippen LogP contribution in [0.3, 0.4) is 0 Å². The first-order valence-corrected chi connectivity index (χ1v) is 4.70. The second-order valence-electron chi connectivity index (χ2n) is 2.80. The number of anilines is 1. The average molecular weight is 224 g/mol. The molecule has 1 aromatic rings. The Hall–Kier alpha value is -1.66. The van der Waals surface area contributed by atoms with E-state index in [0.717, 1.165) is 0 Å². The summed E-state index contributed by atoms with van der Waals surface area (Å²) in [6.07, 6.45) is -0.672. The van der Waals surface area contributed by atoms with Crippen LogP contribution in [0.15, 0.2) is 18.2 Å². The molecule has 0 bridgehead atoms. The van der Waals surface area contributed by atoms with Crippen molar-refractivity contribution in [1.29, 1.82) is 0 Å². The van der Waals surface area contributed by atoms with Gasteiger partial charge in [-0.2, -0.15) is 0 Å². The van der Waals surface area contributed by atoms with Gasteiger partial charge in [0, 0.05) is 22.7 Å². The number of carbonyl (C=O) groups is 1. The number of hydrogen-bond donors (Lipinski definition) is 2. The lowest BCUT2D eigenvalue weighted by Gasteiger charge is -2.08. The number of carboxylic acid groups (broad SMARTS) is 1. The lowest BCUT2D eigenvalue weighted by atomic mass is 10.1. The van der Waals surface area contributed by atoms with Gasteiger partial charge in [0.05, 0.1) is 0 Å². The molecule has 15 heavy (non-hydrogen) atoms. The van der Waals surface area contributed by atoms with E-state index in [4.69, 9.17) is 16.7 Å². The van der Waals surface area contributed by atoms with Crippen molar-refractivity contribution in [3.05, 3.63) is 28.8 Å². The van der Waals surface area contributed by atoms with Gasteiger partial charge < -0.3 is 5.11 Å². The van der Waals surface area contributed by atoms with Crippen molar-refractivity contribution in [3.8, 4) is 11.8 Å². The molecule has 1 amide bonds. The number of nitrogens with one attached hydrogen (secondary N) is 1. The average Bonchev–Trinajstić information content (AvgIpc) is 2.16. The fraction of sp³-hybridized carbons (Fsp3) is 0.182. The largest absolute Gasteiger partial charge is 0.465 e. The highest BCUT2D eigenvalue weighted by Gasteiger charge is 2.07. The highest BCUT2D eigenvalue weighted by Crippen LogP contribution is 2.24. The van der Waals surface area contributed by atoms with Crippen LogP contribution in [0, 0.1) is 11.8 Å². The topological polar surface area (TPSA) is 49.3 Å². The zero-order valence-corrected chi connectivity index (χ0v) is 8.93. The maximum absolute atomic E-state index is 10.5. The van der Waals surface area contributed by atoms with Crippen LogP contribution in [0.5, 0.6) is 0 Å². The van der Waals surface area contributed by atoms with Crippen LogP contribution < -0.4 is 5.32 Å². The molecule has 0 spiro atoms. The Morgan fingerprint density at radius 3 is 2.93 bits per heavy atom. The summed E-state index contributed by atoms with van der Waals surface area (Å²) < 4.78 is 0. The third-order valence-corrected chi connectivity index (χ3v) is 2.16. The Balaban J connectivity index is 3.05. The molecule has 0 aliphatic heterocycles. The summed E-state index contributed by atoms with van der Waals surface area (Å²) in [5.74, 6) is 5.59. The minimum atomic E-state index is -1.11. The molecular weight excluding hydrogens is 214 g/mol. The Bertz CT molecular complexity index is 432. The fourth-order valence-electron chi connectivity index (χ4n) is 1.15. The van der Waals surface area contributed by atoms with Crippen LogP contribution in [0.4, 0.5) is 10.5 Å². The van der Waals surface area contributed by atoms with Crippen LogP contribution in [0.2, 0.25) is 5.02 Å². The summed E-state index contributed by atoms with van der Waals surface area (Å²) in [7, 11) is 0. The van der Waals surface area contributed by atoms with Crippen molar-refractivity contribution >= 4 is 23.4 Å². The summed E-state index contributed by atoms with van der Waals surface area (Å²) in [4.78, 5) is 10.5. The van der Waals surface area contributed by atoms with E-state index < -0.39 is 6.09 Å². The second-order valence-corrected chi connectivity index (χ2v) is 3.21. The smallest absolute Gasteiger partial charge is 0.409 e. The summed E-state index contributed by atoms with van der Waals surface area (Å²) >= 11 is 5.95. The van der Waals surface area contributed by atoms with Crippen LogP contribution in [0.25, 0.3) is 0 Å². The number of halogens is 1. The molecule has 78 valence electrons. The van der Waals surface area contributed by atoms with Gasteiger partial charge in [-0.05, 0) is 19.1 Å². The van der Waals surface area contributed by atoms with Crippen molar-refractivity contribution in [2.45, 2.75) is 13.3 Å². The van der Waals surface area contributed by atoms with Gasteiger partial charge in [0.25, 0.3) is 0 Å². The van der Waals surface area contributed by atoms with E-state index in [-0.39, 0.29) is 0 Å². The molecule has 0 saturated heterocycles. The Labute approximate surface area is 93.1 Å². The molecule has 0 fully saturated rings. The molecule has 4 heteroatoms. The summed E-state index contributed by atoms with van der Waals surface area (Å²) in [6, 6.07) is 5.06. The van der Waals surface area contributed by atoms with Gasteiger partial charge in [-0.1, -0.05) is 23.6 Å². The zero-order chi connectivity index (χ0) is 11.3. The minimum absolute atomic E-state index is 0.436. The molecule has 1 rings (SSSR count). The molecule has 3 nitrogen and oxygen atoms in total. The highest BCUT2D eigenvalue weighted by molar-refractivity contribution is 6.31. The zero-order valence-electron chi connectivity index (χ0n) is 8.17. The monoisotopic (exact) mass is 223 g/mol. The van der Waals surface area contributed by atoms with Crippen molar-refractivity contribution < 1.29 is 9.90 Å². The van der Waals surface area contributed by atoms with Crippen molar-refractivity contribution in [1.82, 2.24) is 0 Å². The first kappa shape index (κ1) is 11.4. The normalized spacial score (nSPS) is 8.93. The van der Waals surface area contributed by atoms with Gasteiger partial charge in [-0.25, -0.2) is 4.79 Å². The van der Waals surface area contributed by atoms with Gasteiger partial charge >= 0.3 is 6.09 Å². The standard InChI is InChI=1S/C11H10ClNO2/c1-2-3-5-8-9(12)6-4-7-10(8)13-11(14)15/h4,6-7,13H,5H2,1H3,(H,14,15). The van der Waals surface area contributed by atoms with Gasteiger partial charge in [0.2, 0.25) is 0 Å². The molecule has 0 heterocycles. The van der Waals surface area contributed by atoms with Crippen molar-refractivity contribution in [2.24, 2.45) is 0 Å². The molecule has 0 aliphatic rings. The van der Waals surface area contributed by atoms with Gasteiger partial charge in [-0.3, -0.25) is 5.32 Å². The number of amides is 1. The van der Waals surface area contributed by atoms with Crippen LogP contribution >= 0.6 is 11.6 Å². The molecule has 0 saturated carbocycles. The molecule has 0 radical (unpaired) electrons. The lowest BCUT2D eigenvalue weighted by Crippen LogP contribution is -2.09. The number of benzene rings is 1. The van der Waals surface area contributed by atoms with Crippen molar-refractivity contribution in [2.75, 3.05) is 5.32 Å². The molecule has 0 aromatic heterocycles. The third-order valence-electron chi connectivity index (χ3n) is 1.80. The Morgan fingerprint density at radius 1 is 1.60 bits per heavy atom. The van der Waals surface area contributed by atoms with E-state index in [1.165, 1.54) is 0 Å². The lowest BCUT2D eigenvalue weighted by molar-refractivity contribution is 0.209. The van der Waals surface area contributed by atoms with E-state index in [9.17, 15) is 4.79 Å². The molecule has 0 aliphatic carbocycles. The highest BCUT2D eigenvalue weighted by atomic mass is 35.5. The first-order valence-electron chi connectivity index (χ1n) is 4.32. The maximum atomic E-state index is 10.5. The Morgan fingerprint density at radius 2 is 2.33 bits per heavy atom. The van der Waals surface area contributed by atoms with Gasteiger partial charge in [0.1, 0.15) is 0 Å². The van der Waals surface area contributed by atoms with E-state index in [0.29, 0.717) is 22.7 Å². The van der Waals surface area contributed by atoms with E-state index in [1.54, 1.807) is 25.1 Å². The van der Waals surface area contributed by atoms with E-state index >= 15 is 0 Å². The molecule has 1 aromatic carbocycles. The van der Waals surface area contributed by atoms with Crippen LogP contribution in [-0.2, 0) is 6.42 Å².